The number of benzene rings is 1. The molecular formula is C13H18N4O2S. The van der Waals surface area contributed by atoms with Crippen molar-refractivity contribution in [1.29, 1.82) is 0 Å². The molecule has 2 rings (SSSR count). The molecule has 0 atom stereocenters. The number of hydrogen-bond acceptors (Lipinski definition) is 4. The van der Waals surface area contributed by atoms with Crippen molar-refractivity contribution in [3.05, 3.63) is 47.8 Å². The van der Waals surface area contributed by atoms with E-state index in [2.05, 4.69) is 9.82 Å². The molecule has 1 aromatic carbocycles. The molecule has 0 saturated heterocycles. The van der Waals surface area contributed by atoms with E-state index in [0.717, 1.165) is 5.56 Å². The van der Waals surface area contributed by atoms with Crippen LogP contribution in [0.25, 0.3) is 0 Å². The molecule has 0 bridgehead atoms. The van der Waals surface area contributed by atoms with Gasteiger partial charge in [-0.05, 0) is 30.2 Å². The number of nitrogens with one attached hydrogen (secondary N) is 1. The molecule has 0 aliphatic heterocycles. The number of rotatable bonds is 6. The van der Waals surface area contributed by atoms with Crippen LogP contribution in [-0.4, -0.2) is 24.7 Å². The van der Waals surface area contributed by atoms with E-state index >= 15 is 0 Å². The molecule has 0 aliphatic carbocycles. The lowest BCUT2D eigenvalue weighted by Gasteiger charge is -2.10. The third-order valence-electron chi connectivity index (χ3n) is 2.97. The van der Waals surface area contributed by atoms with E-state index in [-0.39, 0.29) is 11.4 Å². The molecule has 0 fully saturated rings. The van der Waals surface area contributed by atoms with Gasteiger partial charge in [-0.25, -0.2) is 13.1 Å². The zero-order valence-corrected chi connectivity index (χ0v) is 12.1. The maximum Gasteiger partial charge on any atom is 0.240 e. The Hall–Kier alpha value is -1.70. The fraction of sp³-hybridized carbons (Fsp3) is 0.308. The lowest BCUT2D eigenvalue weighted by atomic mass is 10.1. The van der Waals surface area contributed by atoms with Crippen LogP contribution in [0.15, 0.2) is 41.6 Å². The standard InChI is InChI=1S/C13H18N4O2S/c1-11-3-4-12(10-14)9-13(11)20(18,19)16-6-8-17-7-2-5-15-17/h2-5,7,9,16H,6,8,10,14H2,1H3. The van der Waals surface area contributed by atoms with Gasteiger partial charge in [0.15, 0.2) is 0 Å². The summed E-state index contributed by atoms with van der Waals surface area (Å²) >= 11 is 0. The first-order valence-corrected chi connectivity index (χ1v) is 7.78. The van der Waals surface area contributed by atoms with Gasteiger partial charge in [0.1, 0.15) is 0 Å². The van der Waals surface area contributed by atoms with Gasteiger partial charge in [0, 0.05) is 25.5 Å². The molecule has 1 heterocycles. The van der Waals surface area contributed by atoms with E-state index < -0.39 is 10.0 Å². The highest BCUT2D eigenvalue weighted by molar-refractivity contribution is 7.89. The molecule has 20 heavy (non-hydrogen) atoms. The number of nitrogens with zero attached hydrogens (tertiary/aromatic N) is 2. The minimum absolute atomic E-state index is 0.279. The summed E-state index contributed by atoms with van der Waals surface area (Å²) in [7, 11) is -3.52. The Morgan fingerprint density at radius 2 is 2.20 bits per heavy atom. The highest BCUT2D eigenvalue weighted by Gasteiger charge is 2.16. The average molecular weight is 294 g/mol. The summed E-state index contributed by atoms with van der Waals surface area (Å²) in [5.74, 6) is 0. The van der Waals surface area contributed by atoms with Gasteiger partial charge in [0.05, 0.1) is 11.4 Å². The fourth-order valence-electron chi connectivity index (χ4n) is 1.87. The summed E-state index contributed by atoms with van der Waals surface area (Å²) in [6, 6.07) is 7.01. The van der Waals surface area contributed by atoms with Crippen molar-refractivity contribution in [3.8, 4) is 0 Å². The Bertz CT molecular complexity index is 666. The smallest absolute Gasteiger partial charge is 0.240 e. The lowest BCUT2D eigenvalue weighted by molar-refractivity contribution is 0.560. The van der Waals surface area contributed by atoms with Crippen LogP contribution < -0.4 is 10.5 Å². The molecule has 2 aromatic rings. The predicted octanol–water partition coefficient (Wildman–Crippen LogP) is 0.629. The molecule has 0 radical (unpaired) electrons. The minimum atomic E-state index is -3.52. The molecule has 0 aliphatic rings. The molecule has 108 valence electrons. The Kier molecular flexibility index (Phi) is 4.53. The van der Waals surface area contributed by atoms with Gasteiger partial charge in [-0.3, -0.25) is 4.68 Å². The van der Waals surface area contributed by atoms with Crippen molar-refractivity contribution in [2.75, 3.05) is 6.54 Å². The first-order chi connectivity index (χ1) is 9.53. The van der Waals surface area contributed by atoms with Crippen LogP contribution in [0.2, 0.25) is 0 Å². The van der Waals surface area contributed by atoms with Crippen LogP contribution in [0.5, 0.6) is 0 Å². The third kappa shape index (κ3) is 3.44. The molecule has 1 aromatic heterocycles. The zero-order valence-electron chi connectivity index (χ0n) is 11.3. The van der Waals surface area contributed by atoms with Crippen LogP contribution >= 0.6 is 0 Å². The van der Waals surface area contributed by atoms with Crippen LogP contribution in [0.4, 0.5) is 0 Å². The highest BCUT2D eigenvalue weighted by atomic mass is 32.2. The van der Waals surface area contributed by atoms with Gasteiger partial charge < -0.3 is 5.73 Å². The predicted molar refractivity (Wildman–Crippen MR) is 76.5 cm³/mol. The van der Waals surface area contributed by atoms with Crippen molar-refractivity contribution < 1.29 is 8.42 Å². The van der Waals surface area contributed by atoms with Crippen molar-refractivity contribution in [2.24, 2.45) is 5.73 Å². The largest absolute Gasteiger partial charge is 0.326 e. The van der Waals surface area contributed by atoms with Crippen LogP contribution in [0.1, 0.15) is 11.1 Å². The molecule has 3 N–H and O–H groups in total. The van der Waals surface area contributed by atoms with Gasteiger partial charge in [0.2, 0.25) is 10.0 Å². The van der Waals surface area contributed by atoms with Gasteiger partial charge in [-0.1, -0.05) is 12.1 Å². The van der Waals surface area contributed by atoms with E-state index in [1.807, 2.05) is 6.07 Å². The topological polar surface area (TPSA) is 90.0 Å². The van der Waals surface area contributed by atoms with Gasteiger partial charge in [-0.15, -0.1) is 0 Å². The number of nitrogens with two attached hydrogens (primary N) is 1. The van der Waals surface area contributed by atoms with Crippen molar-refractivity contribution in [1.82, 2.24) is 14.5 Å². The third-order valence-corrected chi connectivity index (χ3v) is 4.57. The maximum atomic E-state index is 12.3. The van der Waals surface area contributed by atoms with Crippen LogP contribution in [-0.2, 0) is 23.1 Å². The number of aromatic nitrogens is 2. The second-order valence-electron chi connectivity index (χ2n) is 4.47. The lowest BCUT2D eigenvalue weighted by Crippen LogP contribution is -2.28. The number of hydrogen-bond donors (Lipinski definition) is 2. The van der Waals surface area contributed by atoms with Crippen molar-refractivity contribution in [3.63, 3.8) is 0 Å². The SMILES string of the molecule is Cc1ccc(CN)cc1S(=O)(=O)NCCn1cccn1. The maximum absolute atomic E-state index is 12.3. The van der Waals surface area contributed by atoms with Crippen molar-refractivity contribution >= 4 is 10.0 Å². The van der Waals surface area contributed by atoms with E-state index in [1.165, 1.54) is 0 Å². The second kappa shape index (κ2) is 6.17. The van der Waals surface area contributed by atoms with Gasteiger partial charge in [0.25, 0.3) is 0 Å². The highest BCUT2D eigenvalue weighted by Crippen LogP contribution is 2.16. The summed E-state index contributed by atoms with van der Waals surface area (Å²) in [6.07, 6.45) is 3.44. The Morgan fingerprint density at radius 3 is 2.85 bits per heavy atom. The summed E-state index contributed by atoms with van der Waals surface area (Å²) in [5.41, 5.74) is 7.05. The summed E-state index contributed by atoms with van der Waals surface area (Å²) in [6.45, 7) is 2.86. The van der Waals surface area contributed by atoms with Gasteiger partial charge >= 0.3 is 0 Å². The minimum Gasteiger partial charge on any atom is -0.326 e. The fourth-order valence-corrected chi connectivity index (χ4v) is 3.18. The quantitative estimate of drug-likeness (QED) is 0.817. The number of sulfonamides is 1. The van der Waals surface area contributed by atoms with E-state index in [4.69, 9.17) is 5.73 Å². The second-order valence-corrected chi connectivity index (χ2v) is 6.21. The van der Waals surface area contributed by atoms with Crippen LogP contribution in [0.3, 0.4) is 0 Å². The monoisotopic (exact) mass is 294 g/mol. The Morgan fingerprint density at radius 1 is 1.40 bits per heavy atom. The van der Waals surface area contributed by atoms with E-state index in [9.17, 15) is 8.42 Å². The van der Waals surface area contributed by atoms with Gasteiger partial charge in [-0.2, -0.15) is 5.10 Å². The van der Waals surface area contributed by atoms with Crippen molar-refractivity contribution in [2.45, 2.75) is 24.9 Å². The molecule has 7 heteroatoms. The summed E-state index contributed by atoms with van der Waals surface area (Å²) < 4.78 is 28.8. The Balaban J connectivity index is 2.09. The first-order valence-electron chi connectivity index (χ1n) is 6.29. The molecule has 0 saturated carbocycles. The molecular weight excluding hydrogens is 276 g/mol. The first kappa shape index (κ1) is 14.7. The Labute approximate surface area is 118 Å². The van der Waals surface area contributed by atoms with E-state index in [1.54, 1.807) is 42.2 Å². The molecule has 0 amide bonds. The van der Waals surface area contributed by atoms with E-state index in [0.29, 0.717) is 18.7 Å². The average Bonchev–Trinajstić information content (AvgIpc) is 2.92. The summed E-state index contributed by atoms with van der Waals surface area (Å²) in [5, 5.41) is 4.02. The number of aryl methyl sites for hydroxylation is 1. The van der Waals surface area contributed by atoms with Crippen LogP contribution in [0, 0.1) is 6.92 Å². The normalized spacial score (nSPS) is 11.7. The molecule has 6 nitrogen and oxygen atoms in total. The zero-order chi connectivity index (χ0) is 14.6. The molecule has 0 spiro atoms. The summed E-state index contributed by atoms with van der Waals surface area (Å²) in [4.78, 5) is 0.279. The molecule has 0 unspecified atom stereocenters.